The summed E-state index contributed by atoms with van der Waals surface area (Å²) >= 11 is 0. The van der Waals surface area contributed by atoms with E-state index in [9.17, 15) is 4.79 Å². The number of H-pyrrole nitrogens is 1. The summed E-state index contributed by atoms with van der Waals surface area (Å²) < 4.78 is 5.04. The van der Waals surface area contributed by atoms with Crippen molar-refractivity contribution in [3.05, 3.63) is 34.3 Å². The highest BCUT2D eigenvalue weighted by molar-refractivity contribution is 5.72. The van der Waals surface area contributed by atoms with Gasteiger partial charge in [0.1, 0.15) is 0 Å². The zero-order chi connectivity index (χ0) is 13.1. The van der Waals surface area contributed by atoms with Crippen molar-refractivity contribution in [3.8, 4) is 0 Å². The van der Waals surface area contributed by atoms with Crippen LogP contribution in [0.3, 0.4) is 0 Å². The number of aromatic amines is 1. The maximum Gasteiger partial charge on any atom is 0.417 e. The van der Waals surface area contributed by atoms with Crippen LogP contribution in [-0.2, 0) is 6.54 Å². The van der Waals surface area contributed by atoms with Crippen molar-refractivity contribution in [3.63, 3.8) is 0 Å². The Hall–Kier alpha value is -1.59. The molecule has 18 heavy (non-hydrogen) atoms. The topological polar surface area (TPSA) is 75.3 Å². The Morgan fingerprint density at radius 1 is 1.50 bits per heavy atom. The van der Waals surface area contributed by atoms with Gasteiger partial charge < -0.3 is 15.1 Å². The number of hydrogen-bond acceptors (Lipinski definition) is 4. The Labute approximate surface area is 106 Å². The quantitative estimate of drug-likeness (QED) is 0.837. The molecule has 1 heterocycles. The predicted octanol–water partition coefficient (Wildman–Crippen LogP) is 1.29. The molecule has 5 nitrogen and oxygen atoms in total. The van der Waals surface area contributed by atoms with Crippen LogP contribution in [0.4, 0.5) is 0 Å². The molecule has 0 aliphatic rings. The van der Waals surface area contributed by atoms with Gasteiger partial charge in [0.2, 0.25) is 0 Å². The molecule has 0 amide bonds. The number of fused-ring (bicyclic) bond motifs is 1. The summed E-state index contributed by atoms with van der Waals surface area (Å²) in [6.45, 7) is 3.78. The minimum atomic E-state index is -0.410. The van der Waals surface area contributed by atoms with Gasteiger partial charge in [-0.05, 0) is 44.6 Å². The van der Waals surface area contributed by atoms with Crippen LogP contribution in [0.15, 0.2) is 27.4 Å². The molecule has 0 saturated carbocycles. The Kier molecular flexibility index (Phi) is 3.84. The summed E-state index contributed by atoms with van der Waals surface area (Å²) in [6, 6.07) is 5.98. The van der Waals surface area contributed by atoms with E-state index in [4.69, 9.17) is 10.2 Å². The fourth-order valence-corrected chi connectivity index (χ4v) is 1.90. The summed E-state index contributed by atoms with van der Waals surface area (Å²) in [4.78, 5) is 15.9. The zero-order valence-electron chi connectivity index (χ0n) is 10.8. The van der Waals surface area contributed by atoms with Crippen molar-refractivity contribution >= 4 is 11.1 Å². The van der Waals surface area contributed by atoms with E-state index < -0.39 is 5.76 Å². The fraction of sp³-hybridized carbons (Fsp3) is 0.462. The van der Waals surface area contributed by atoms with Gasteiger partial charge in [-0.1, -0.05) is 6.07 Å². The number of nitrogens with two attached hydrogens (primary N) is 1. The number of oxazole rings is 1. The van der Waals surface area contributed by atoms with Gasteiger partial charge in [0.05, 0.1) is 5.52 Å². The lowest BCUT2D eigenvalue weighted by Gasteiger charge is -2.17. The van der Waals surface area contributed by atoms with E-state index in [0.29, 0.717) is 5.58 Å². The molecule has 0 radical (unpaired) electrons. The minimum absolute atomic E-state index is 0.220. The molecule has 1 aromatic carbocycles. The van der Waals surface area contributed by atoms with E-state index in [1.165, 1.54) is 0 Å². The second kappa shape index (κ2) is 5.37. The first-order valence-electron chi connectivity index (χ1n) is 6.10. The van der Waals surface area contributed by atoms with Crippen LogP contribution in [0, 0.1) is 0 Å². The van der Waals surface area contributed by atoms with Gasteiger partial charge in [-0.15, -0.1) is 0 Å². The van der Waals surface area contributed by atoms with E-state index in [0.717, 1.165) is 30.6 Å². The highest BCUT2D eigenvalue weighted by atomic mass is 16.4. The smallest absolute Gasteiger partial charge is 0.408 e. The molecule has 0 fully saturated rings. The molecule has 0 aliphatic heterocycles. The van der Waals surface area contributed by atoms with Crippen LogP contribution in [0.5, 0.6) is 0 Å². The minimum Gasteiger partial charge on any atom is -0.408 e. The van der Waals surface area contributed by atoms with E-state index in [2.05, 4.69) is 16.9 Å². The largest absolute Gasteiger partial charge is 0.417 e. The van der Waals surface area contributed by atoms with Crippen LogP contribution in [-0.4, -0.2) is 29.5 Å². The molecule has 0 saturated heterocycles. The highest BCUT2D eigenvalue weighted by Gasteiger charge is 2.05. The number of rotatable bonds is 5. The SMILES string of the molecule is CC(N)CCN(C)Cc1ccc2[nH]c(=O)oc2c1. The summed E-state index contributed by atoms with van der Waals surface area (Å²) in [5.41, 5.74) is 8.20. The first-order chi connectivity index (χ1) is 8.54. The van der Waals surface area contributed by atoms with E-state index in [1.807, 2.05) is 25.1 Å². The highest BCUT2D eigenvalue weighted by Crippen LogP contribution is 2.13. The Bertz CT molecular complexity index is 571. The summed E-state index contributed by atoms with van der Waals surface area (Å²) in [6.07, 6.45) is 0.970. The van der Waals surface area contributed by atoms with Crippen LogP contribution in [0.2, 0.25) is 0 Å². The Balaban J connectivity index is 2.04. The molecule has 2 rings (SSSR count). The third kappa shape index (κ3) is 3.21. The number of hydrogen-bond donors (Lipinski definition) is 2. The summed E-state index contributed by atoms with van der Waals surface area (Å²) in [7, 11) is 2.06. The summed E-state index contributed by atoms with van der Waals surface area (Å²) in [5.74, 6) is -0.410. The molecule has 5 heteroatoms. The Morgan fingerprint density at radius 3 is 3.00 bits per heavy atom. The maximum absolute atomic E-state index is 11.1. The van der Waals surface area contributed by atoms with Crippen molar-refractivity contribution in [2.45, 2.75) is 25.9 Å². The predicted molar refractivity (Wildman–Crippen MR) is 71.4 cm³/mol. The third-order valence-electron chi connectivity index (χ3n) is 2.90. The lowest BCUT2D eigenvalue weighted by molar-refractivity contribution is 0.313. The molecule has 98 valence electrons. The Morgan fingerprint density at radius 2 is 2.28 bits per heavy atom. The van der Waals surface area contributed by atoms with Gasteiger partial charge in [-0.25, -0.2) is 4.79 Å². The fourth-order valence-electron chi connectivity index (χ4n) is 1.90. The van der Waals surface area contributed by atoms with Crippen LogP contribution < -0.4 is 11.5 Å². The maximum atomic E-state index is 11.1. The van der Waals surface area contributed by atoms with Crippen molar-refractivity contribution in [1.82, 2.24) is 9.88 Å². The molecule has 0 aliphatic carbocycles. The van der Waals surface area contributed by atoms with Gasteiger partial charge >= 0.3 is 5.76 Å². The van der Waals surface area contributed by atoms with Crippen molar-refractivity contribution in [1.29, 1.82) is 0 Å². The number of benzene rings is 1. The molecule has 1 unspecified atom stereocenters. The van der Waals surface area contributed by atoms with Gasteiger partial charge in [-0.3, -0.25) is 4.98 Å². The second-order valence-corrected chi connectivity index (χ2v) is 4.85. The molecule has 1 atom stereocenters. The second-order valence-electron chi connectivity index (χ2n) is 4.85. The number of nitrogens with one attached hydrogen (secondary N) is 1. The molecule has 2 aromatic rings. The average molecular weight is 249 g/mol. The molecular formula is C13H19N3O2. The normalized spacial score (nSPS) is 13.3. The lowest BCUT2D eigenvalue weighted by Crippen LogP contribution is -2.25. The molecule has 3 N–H and O–H groups in total. The molecular weight excluding hydrogens is 230 g/mol. The number of aromatic nitrogens is 1. The van der Waals surface area contributed by atoms with Crippen LogP contribution in [0.25, 0.3) is 11.1 Å². The first-order valence-corrected chi connectivity index (χ1v) is 6.10. The van der Waals surface area contributed by atoms with Crippen LogP contribution >= 0.6 is 0 Å². The standard InChI is InChI=1S/C13H19N3O2/c1-9(14)5-6-16(2)8-10-3-4-11-12(7-10)18-13(17)15-11/h3-4,7,9H,5-6,8,14H2,1-2H3,(H,15,17). The van der Waals surface area contributed by atoms with E-state index in [1.54, 1.807) is 0 Å². The monoisotopic (exact) mass is 249 g/mol. The van der Waals surface area contributed by atoms with Crippen molar-refractivity contribution < 1.29 is 4.42 Å². The zero-order valence-corrected chi connectivity index (χ0v) is 10.8. The van der Waals surface area contributed by atoms with E-state index in [-0.39, 0.29) is 6.04 Å². The molecule has 1 aromatic heterocycles. The van der Waals surface area contributed by atoms with Gasteiger partial charge in [0.15, 0.2) is 5.58 Å². The lowest BCUT2D eigenvalue weighted by atomic mass is 10.2. The summed E-state index contributed by atoms with van der Waals surface area (Å²) in [5, 5.41) is 0. The van der Waals surface area contributed by atoms with Crippen molar-refractivity contribution in [2.24, 2.45) is 5.73 Å². The first kappa shape index (κ1) is 12.9. The molecule has 0 bridgehead atoms. The molecule has 0 spiro atoms. The van der Waals surface area contributed by atoms with E-state index >= 15 is 0 Å². The third-order valence-corrected chi connectivity index (χ3v) is 2.90. The van der Waals surface area contributed by atoms with Gasteiger partial charge in [-0.2, -0.15) is 0 Å². The number of nitrogens with zero attached hydrogens (tertiary/aromatic N) is 1. The van der Waals surface area contributed by atoms with Gasteiger partial charge in [0, 0.05) is 12.6 Å². The average Bonchev–Trinajstić information content (AvgIpc) is 2.66. The van der Waals surface area contributed by atoms with Crippen molar-refractivity contribution in [2.75, 3.05) is 13.6 Å². The van der Waals surface area contributed by atoms with Crippen LogP contribution in [0.1, 0.15) is 18.9 Å². The van der Waals surface area contributed by atoms with Gasteiger partial charge in [0.25, 0.3) is 0 Å².